The highest BCUT2D eigenvalue weighted by molar-refractivity contribution is 5.99. The molecule has 3 fully saturated rings. The Morgan fingerprint density at radius 3 is 2.56 bits per heavy atom. The van der Waals surface area contributed by atoms with Crippen LogP contribution in [0.1, 0.15) is 71.1 Å². The second kappa shape index (κ2) is 10.3. The van der Waals surface area contributed by atoms with Crippen LogP contribution in [0.5, 0.6) is 0 Å². The van der Waals surface area contributed by atoms with Crippen LogP contribution in [0.3, 0.4) is 0 Å². The van der Waals surface area contributed by atoms with Gasteiger partial charge in [0.15, 0.2) is 0 Å². The number of cyclic esters (lactones) is 1. The van der Waals surface area contributed by atoms with Gasteiger partial charge in [0.1, 0.15) is 23.2 Å². The maximum absolute atomic E-state index is 14.4. The number of rotatable bonds is 6. The van der Waals surface area contributed by atoms with E-state index in [1.807, 2.05) is 36.1 Å². The number of amides is 2. The normalized spacial score (nSPS) is 37.9. The highest BCUT2D eigenvalue weighted by atomic mass is 16.6. The van der Waals surface area contributed by atoms with E-state index in [4.69, 9.17) is 9.47 Å². The lowest BCUT2D eigenvalue weighted by atomic mass is 9.73. The van der Waals surface area contributed by atoms with Crippen LogP contribution in [0.15, 0.2) is 24.3 Å². The number of likely N-dealkylation sites (tertiary alicyclic amines) is 1. The molecule has 4 aliphatic heterocycles. The molecule has 0 radical (unpaired) electrons. The quantitative estimate of drug-likeness (QED) is 0.342. The van der Waals surface area contributed by atoms with E-state index in [2.05, 4.69) is 0 Å². The summed E-state index contributed by atoms with van der Waals surface area (Å²) in [5.74, 6) is -2.34. The van der Waals surface area contributed by atoms with Crippen molar-refractivity contribution in [2.45, 2.75) is 94.4 Å². The van der Waals surface area contributed by atoms with Crippen molar-refractivity contribution in [3.05, 3.63) is 24.3 Å². The highest BCUT2D eigenvalue weighted by Crippen LogP contribution is 2.58. The third-order valence-electron chi connectivity index (χ3n) is 8.99. The SMILES string of the molecule is CC[C@@]12/C=C\CCCOC(=O)[C@@H]1[C@H]1C(=O)N(CCCCO)C3C(=O)N(C4CCCCC4)CC=C[C@@]31O2. The summed E-state index contributed by atoms with van der Waals surface area (Å²) in [5, 5.41) is 9.36. The molecular weight excluding hydrogens is 460 g/mol. The summed E-state index contributed by atoms with van der Waals surface area (Å²) in [5.41, 5.74) is -2.22. The molecule has 5 atom stereocenters. The maximum Gasteiger partial charge on any atom is 0.313 e. The summed E-state index contributed by atoms with van der Waals surface area (Å²) < 4.78 is 12.6. The van der Waals surface area contributed by atoms with E-state index >= 15 is 0 Å². The lowest BCUT2D eigenvalue weighted by molar-refractivity contribution is -0.161. The second-order valence-corrected chi connectivity index (χ2v) is 11.0. The van der Waals surface area contributed by atoms with Crippen LogP contribution in [-0.2, 0) is 23.9 Å². The van der Waals surface area contributed by atoms with Gasteiger partial charge in [0.2, 0.25) is 11.8 Å². The summed E-state index contributed by atoms with van der Waals surface area (Å²) in [6.07, 6.45) is 16.3. The summed E-state index contributed by atoms with van der Waals surface area (Å²) in [4.78, 5) is 45.6. The van der Waals surface area contributed by atoms with Gasteiger partial charge in [0, 0.05) is 25.7 Å². The molecule has 1 aliphatic carbocycles. The predicted octanol–water partition coefficient (Wildman–Crippen LogP) is 2.74. The molecule has 198 valence electrons. The number of aliphatic hydroxyl groups excluding tert-OH is 1. The van der Waals surface area contributed by atoms with Crippen LogP contribution in [0.4, 0.5) is 0 Å². The number of hydrogen-bond acceptors (Lipinski definition) is 6. The molecule has 36 heavy (non-hydrogen) atoms. The Hall–Kier alpha value is -2.19. The average molecular weight is 501 g/mol. The van der Waals surface area contributed by atoms with Gasteiger partial charge in [-0.05, 0) is 44.9 Å². The van der Waals surface area contributed by atoms with E-state index in [9.17, 15) is 19.5 Å². The zero-order valence-electron chi connectivity index (χ0n) is 21.4. The molecule has 1 N–H and O–H groups in total. The standard InChI is InChI=1S/C28H40N2O6/c1-2-27-14-7-4-10-19-35-26(34)22(27)21-24(32)30(16-8-9-18-31)23-25(33)29(20-12-5-3-6-13-20)17-11-15-28(21,23)36-27/h7,11,14-15,20-23,31H,2-6,8-10,12-13,16-19H2,1H3/b14-7-/t21-,22-,23?,27+,28-/m0/s1. The number of fused-ring (bicyclic) bond motifs is 2. The summed E-state index contributed by atoms with van der Waals surface area (Å²) >= 11 is 0. The van der Waals surface area contributed by atoms with Crippen molar-refractivity contribution in [2.24, 2.45) is 11.8 Å². The van der Waals surface area contributed by atoms with Gasteiger partial charge in [-0.3, -0.25) is 14.4 Å². The van der Waals surface area contributed by atoms with E-state index < -0.39 is 35.0 Å². The first-order chi connectivity index (χ1) is 17.5. The molecule has 5 aliphatic rings. The molecule has 1 spiro atoms. The molecule has 8 heteroatoms. The number of carbonyl (C=O) groups is 3. The number of hydrogen-bond donors (Lipinski definition) is 1. The van der Waals surface area contributed by atoms with Gasteiger partial charge in [-0.2, -0.15) is 0 Å². The number of allylic oxidation sites excluding steroid dienone is 1. The van der Waals surface area contributed by atoms with Crippen molar-refractivity contribution in [1.29, 1.82) is 0 Å². The first-order valence-corrected chi connectivity index (χ1v) is 13.9. The largest absolute Gasteiger partial charge is 0.465 e. The summed E-state index contributed by atoms with van der Waals surface area (Å²) in [6.45, 7) is 3.14. The Morgan fingerprint density at radius 2 is 1.81 bits per heavy atom. The van der Waals surface area contributed by atoms with Gasteiger partial charge < -0.3 is 24.4 Å². The Labute approximate surface area is 213 Å². The molecule has 0 aromatic heterocycles. The topological polar surface area (TPSA) is 96.4 Å². The van der Waals surface area contributed by atoms with E-state index in [-0.39, 0.29) is 24.5 Å². The zero-order valence-corrected chi connectivity index (χ0v) is 21.4. The van der Waals surface area contributed by atoms with Crippen LogP contribution < -0.4 is 0 Å². The minimum atomic E-state index is -1.22. The molecular formula is C28H40N2O6. The van der Waals surface area contributed by atoms with Gasteiger partial charge in [-0.1, -0.05) is 50.5 Å². The van der Waals surface area contributed by atoms with E-state index in [0.717, 1.165) is 38.5 Å². The third-order valence-corrected chi connectivity index (χ3v) is 8.99. The number of ether oxygens (including phenoxy) is 2. The molecule has 5 rings (SSSR count). The average Bonchev–Trinajstić information content (AvgIpc) is 3.26. The fraction of sp³-hybridized carbons (Fsp3) is 0.750. The molecule has 2 amide bonds. The fourth-order valence-corrected chi connectivity index (χ4v) is 7.25. The number of unbranched alkanes of at least 4 members (excludes halogenated alkanes) is 1. The third kappa shape index (κ3) is 4.01. The van der Waals surface area contributed by atoms with Crippen molar-refractivity contribution in [1.82, 2.24) is 9.80 Å². The fourth-order valence-electron chi connectivity index (χ4n) is 7.25. The first-order valence-electron chi connectivity index (χ1n) is 13.9. The van der Waals surface area contributed by atoms with Crippen LogP contribution in [0.25, 0.3) is 0 Å². The highest BCUT2D eigenvalue weighted by Gasteiger charge is 2.75. The van der Waals surface area contributed by atoms with Crippen molar-refractivity contribution in [3.8, 4) is 0 Å². The van der Waals surface area contributed by atoms with E-state index in [1.165, 1.54) is 6.42 Å². The minimum absolute atomic E-state index is 0.0263. The van der Waals surface area contributed by atoms with E-state index in [0.29, 0.717) is 39.0 Å². The molecule has 0 aromatic carbocycles. The number of carbonyl (C=O) groups excluding carboxylic acids is 3. The van der Waals surface area contributed by atoms with E-state index in [1.54, 1.807) is 4.90 Å². The van der Waals surface area contributed by atoms with Gasteiger partial charge in [0.25, 0.3) is 0 Å². The van der Waals surface area contributed by atoms with Crippen molar-refractivity contribution >= 4 is 17.8 Å². The smallest absolute Gasteiger partial charge is 0.313 e. The van der Waals surface area contributed by atoms with Gasteiger partial charge in [0.05, 0.1) is 12.5 Å². The van der Waals surface area contributed by atoms with Crippen LogP contribution in [-0.4, -0.2) is 82.3 Å². The lowest BCUT2D eigenvalue weighted by Gasteiger charge is -2.40. The van der Waals surface area contributed by atoms with Crippen LogP contribution in [0, 0.1) is 11.8 Å². The van der Waals surface area contributed by atoms with Crippen molar-refractivity contribution in [2.75, 3.05) is 26.3 Å². The van der Waals surface area contributed by atoms with Crippen LogP contribution >= 0.6 is 0 Å². The molecule has 1 unspecified atom stereocenters. The molecule has 4 heterocycles. The van der Waals surface area contributed by atoms with Crippen molar-refractivity contribution in [3.63, 3.8) is 0 Å². The van der Waals surface area contributed by atoms with Gasteiger partial charge in [-0.25, -0.2) is 0 Å². The molecule has 1 saturated carbocycles. The molecule has 8 nitrogen and oxygen atoms in total. The summed E-state index contributed by atoms with van der Waals surface area (Å²) in [7, 11) is 0. The van der Waals surface area contributed by atoms with Gasteiger partial charge in [-0.15, -0.1) is 0 Å². The minimum Gasteiger partial charge on any atom is -0.465 e. The predicted molar refractivity (Wildman–Crippen MR) is 133 cm³/mol. The molecule has 2 saturated heterocycles. The van der Waals surface area contributed by atoms with Gasteiger partial charge >= 0.3 is 5.97 Å². The Balaban J connectivity index is 1.60. The maximum atomic E-state index is 14.4. The molecule has 0 aromatic rings. The zero-order chi connectivity index (χ0) is 25.3. The Morgan fingerprint density at radius 1 is 1.00 bits per heavy atom. The lowest BCUT2D eigenvalue weighted by Crippen LogP contribution is -2.57. The van der Waals surface area contributed by atoms with Crippen LogP contribution in [0.2, 0.25) is 0 Å². The first kappa shape index (κ1) is 25.5. The number of nitrogens with zero attached hydrogens (tertiary/aromatic N) is 2. The monoisotopic (exact) mass is 500 g/mol. The molecule has 0 bridgehead atoms. The number of esters is 1. The second-order valence-electron chi connectivity index (χ2n) is 11.0. The Kier molecular flexibility index (Phi) is 7.27. The van der Waals surface area contributed by atoms with Crippen molar-refractivity contribution < 1.29 is 29.0 Å². The summed E-state index contributed by atoms with van der Waals surface area (Å²) in [6, 6.07) is -0.669. The number of aliphatic hydroxyl groups is 1. The Bertz CT molecular complexity index is 927.